The van der Waals surface area contributed by atoms with Crippen molar-refractivity contribution in [3.05, 3.63) is 29.8 Å². The number of thioether (sulfide) groups is 1. The summed E-state index contributed by atoms with van der Waals surface area (Å²) in [5.41, 5.74) is 2.00. The second kappa shape index (κ2) is 7.22. The van der Waals surface area contributed by atoms with E-state index in [0.29, 0.717) is 6.42 Å². The molecule has 1 unspecified atom stereocenters. The minimum Gasteiger partial charge on any atom is -0.480 e. The maximum Gasteiger partial charge on any atom is 0.326 e. The molecule has 0 radical (unpaired) electrons. The molecule has 0 spiro atoms. The molecule has 0 aliphatic heterocycles. The Bertz CT molecular complexity index is 368. The monoisotopic (exact) mass is 253 g/mol. The third-order valence-electron chi connectivity index (χ3n) is 2.41. The third-order valence-corrected chi connectivity index (χ3v) is 3.34. The molecular formula is C13H19NO2S. The highest BCUT2D eigenvalue weighted by Gasteiger charge is 2.16. The minimum atomic E-state index is -0.789. The van der Waals surface area contributed by atoms with Crippen LogP contribution in [0.4, 0.5) is 5.69 Å². The second-order valence-electron chi connectivity index (χ2n) is 3.89. The van der Waals surface area contributed by atoms with Gasteiger partial charge in [-0.3, -0.25) is 0 Å². The first-order valence-corrected chi connectivity index (χ1v) is 6.92. The average molecular weight is 253 g/mol. The number of hydrogen-bond acceptors (Lipinski definition) is 3. The van der Waals surface area contributed by atoms with E-state index in [4.69, 9.17) is 5.11 Å². The number of carbonyl (C=O) groups is 1. The number of nitrogens with one attached hydrogen (secondary N) is 1. The molecule has 3 nitrogen and oxygen atoms in total. The van der Waals surface area contributed by atoms with Gasteiger partial charge in [-0.25, -0.2) is 4.79 Å². The molecule has 1 aromatic carbocycles. The van der Waals surface area contributed by atoms with Crippen LogP contribution in [0.15, 0.2) is 24.3 Å². The summed E-state index contributed by atoms with van der Waals surface area (Å²) in [5.74, 6) is 1.10. The molecule has 17 heavy (non-hydrogen) atoms. The fourth-order valence-electron chi connectivity index (χ4n) is 1.54. The van der Waals surface area contributed by atoms with E-state index in [0.717, 1.165) is 22.8 Å². The van der Waals surface area contributed by atoms with Gasteiger partial charge in [-0.05, 0) is 42.5 Å². The van der Waals surface area contributed by atoms with E-state index in [-0.39, 0.29) is 0 Å². The molecule has 0 heterocycles. The van der Waals surface area contributed by atoms with Gasteiger partial charge in [-0.2, -0.15) is 11.8 Å². The molecule has 1 aromatic rings. The summed E-state index contributed by atoms with van der Waals surface area (Å²) in [6, 6.07) is 7.28. The lowest BCUT2D eigenvalue weighted by molar-refractivity contribution is -0.137. The summed E-state index contributed by atoms with van der Waals surface area (Å²) in [7, 11) is 0. The summed E-state index contributed by atoms with van der Waals surface area (Å²) in [6.45, 7) is 4.07. The zero-order chi connectivity index (χ0) is 12.7. The Labute approximate surface area is 107 Å². The molecule has 4 heteroatoms. The Morgan fingerprint density at radius 2 is 2.29 bits per heavy atom. The molecule has 1 rings (SSSR count). The van der Waals surface area contributed by atoms with Crippen LogP contribution in [-0.4, -0.2) is 28.6 Å². The molecule has 94 valence electrons. The van der Waals surface area contributed by atoms with Gasteiger partial charge >= 0.3 is 5.97 Å². The van der Waals surface area contributed by atoms with Gasteiger partial charge in [0, 0.05) is 5.69 Å². The molecule has 1 atom stereocenters. The number of carboxylic acid groups (broad SMARTS) is 1. The SMILES string of the molecule is CCSCCC(Nc1cccc(C)c1)C(=O)O. The first-order chi connectivity index (χ1) is 8.13. The van der Waals surface area contributed by atoms with Crippen molar-refractivity contribution >= 4 is 23.4 Å². The zero-order valence-electron chi connectivity index (χ0n) is 10.3. The normalized spacial score (nSPS) is 12.1. The molecule has 0 bridgehead atoms. The predicted molar refractivity (Wildman–Crippen MR) is 73.8 cm³/mol. The van der Waals surface area contributed by atoms with Gasteiger partial charge in [-0.1, -0.05) is 19.1 Å². The molecule has 0 aliphatic rings. The third kappa shape index (κ3) is 5.13. The maximum atomic E-state index is 11.1. The summed E-state index contributed by atoms with van der Waals surface area (Å²) >= 11 is 1.76. The highest BCUT2D eigenvalue weighted by molar-refractivity contribution is 7.99. The van der Waals surface area contributed by atoms with E-state index in [1.807, 2.05) is 31.2 Å². The molecule has 0 aromatic heterocycles. The molecule has 0 fully saturated rings. The molecule has 0 aliphatic carbocycles. The van der Waals surface area contributed by atoms with Crippen LogP contribution in [0.2, 0.25) is 0 Å². The van der Waals surface area contributed by atoms with E-state index in [2.05, 4.69) is 12.2 Å². The number of aryl methyl sites for hydroxylation is 1. The average Bonchev–Trinajstić information content (AvgIpc) is 2.28. The highest BCUT2D eigenvalue weighted by Crippen LogP contribution is 2.14. The summed E-state index contributed by atoms with van der Waals surface area (Å²) in [5, 5.41) is 12.2. The topological polar surface area (TPSA) is 49.3 Å². The lowest BCUT2D eigenvalue weighted by Crippen LogP contribution is -2.29. The Morgan fingerprint density at radius 3 is 2.88 bits per heavy atom. The van der Waals surface area contributed by atoms with E-state index < -0.39 is 12.0 Å². The van der Waals surface area contributed by atoms with Gasteiger partial charge in [0.25, 0.3) is 0 Å². The quantitative estimate of drug-likeness (QED) is 0.733. The van der Waals surface area contributed by atoms with E-state index in [1.54, 1.807) is 11.8 Å². The maximum absolute atomic E-state index is 11.1. The van der Waals surface area contributed by atoms with Crippen molar-refractivity contribution in [1.29, 1.82) is 0 Å². The number of benzene rings is 1. The number of rotatable bonds is 7. The van der Waals surface area contributed by atoms with E-state index in [1.165, 1.54) is 0 Å². The molecule has 0 amide bonds. The van der Waals surface area contributed by atoms with Crippen molar-refractivity contribution in [3.63, 3.8) is 0 Å². The number of aliphatic carboxylic acids is 1. The fourth-order valence-corrected chi connectivity index (χ4v) is 2.23. The zero-order valence-corrected chi connectivity index (χ0v) is 11.1. The Balaban J connectivity index is 2.57. The molecule has 0 saturated carbocycles. The van der Waals surface area contributed by atoms with Gasteiger partial charge in [-0.15, -0.1) is 0 Å². The van der Waals surface area contributed by atoms with Crippen LogP contribution in [0.1, 0.15) is 18.9 Å². The van der Waals surface area contributed by atoms with Crippen molar-refractivity contribution in [2.45, 2.75) is 26.3 Å². The van der Waals surface area contributed by atoms with E-state index in [9.17, 15) is 4.79 Å². The summed E-state index contributed by atoms with van der Waals surface area (Å²) in [6.07, 6.45) is 0.641. The van der Waals surface area contributed by atoms with Crippen molar-refractivity contribution in [3.8, 4) is 0 Å². The predicted octanol–water partition coefficient (Wildman–Crippen LogP) is 3.00. The van der Waals surface area contributed by atoms with Crippen molar-refractivity contribution in [1.82, 2.24) is 0 Å². The van der Waals surface area contributed by atoms with Crippen LogP contribution in [0.3, 0.4) is 0 Å². The van der Waals surface area contributed by atoms with Crippen LogP contribution in [0.5, 0.6) is 0 Å². The van der Waals surface area contributed by atoms with Crippen molar-refractivity contribution in [2.24, 2.45) is 0 Å². The Kier molecular flexibility index (Phi) is 5.91. The summed E-state index contributed by atoms with van der Waals surface area (Å²) in [4.78, 5) is 11.1. The van der Waals surface area contributed by atoms with Crippen LogP contribution in [-0.2, 0) is 4.79 Å². The van der Waals surface area contributed by atoms with Crippen LogP contribution in [0.25, 0.3) is 0 Å². The van der Waals surface area contributed by atoms with Crippen LogP contribution in [0, 0.1) is 6.92 Å². The lowest BCUT2D eigenvalue weighted by atomic mass is 10.2. The summed E-state index contributed by atoms with van der Waals surface area (Å²) < 4.78 is 0. The van der Waals surface area contributed by atoms with Crippen molar-refractivity contribution in [2.75, 3.05) is 16.8 Å². The first-order valence-electron chi connectivity index (χ1n) is 5.77. The number of carboxylic acids is 1. The minimum absolute atomic E-state index is 0.504. The van der Waals surface area contributed by atoms with Gasteiger partial charge in [0.1, 0.15) is 6.04 Å². The fraction of sp³-hybridized carbons (Fsp3) is 0.462. The van der Waals surface area contributed by atoms with Gasteiger partial charge in [0.2, 0.25) is 0 Å². The first kappa shape index (κ1) is 13.9. The van der Waals surface area contributed by atoms with Gasteiger partial charge in [0.15, 0.2) is 0 Å². The smallest absolute Gasteiger partial charge is 0.326 e. The highest BCUT2D eigenvalue weighted by atomic mass is 32.2. The van der Waals surface area contributed by atoms with Gasteiger partial charge in [0.05, 0.1) is 0 Å². The van der Waals surface area contributed by atoms with Crippen LogP contribution < -0.4 is 5.32 Å². The standard InChI is InChI=1S/C13H19NO2S/c1-3-17-8-7-12(13(15)16)14-11-6-4-5-10(2)9-11/h4-6,9,12,14H,3,7-8H2,1-2H3,(H,15,16). The Morgan fingerprint density at radius 1 is 1.53 bits per heavy atom. The number of hydrogen-bond donors (Lipinski definition) is 2. The molecular weight excluding hydrogens is 234 g/mol. The van der Waals surface area contributed by atoms with E-state index >= 15 is 0 Å². The molecule has 2 N–H and O–H groups in total. The van der Waals surface area contributed by atoms with Crippen LogP contribution >= 0.6 is 11.8 Å². The van der Waals surface area contributed by atoms with Crippen molar-refractivity contribution < 1.29 is 9.90 Å². The number of anilines is 1. The largest absolute Gasteiger partial charge is 0.480 e. The van der Waals surface area contributed by atoms with Gasteiger partial charge < -0.3 is 10.4 Å². The Hall–Kier alpha value is -1.16. The second-order valence-corrected chi connectivity index (χ2v) is 5.28. The molecule has 0 saturated heterocycles. The lowest BCUT2D eigenvalue weighted by Gasteiger charge is -2.15.